The molecular formula is C28H22F3NO5. The van der Waals surface area contributed by atoms with Gasteiger partial charge < -0.3 is 14.6 Å². The number of benzene rings is 3. The predicted octanol–water partition coefficient (Wildman–Crippen LogP) is 5.67. The molecule has 6 nitrogen and oxygen atoms in total. The van der Waals surface area contributed by atoms with Crippen molar-refractivity contribution in [2.75, 3.05) is 18.6 Å². The highest BCUT2D eigenvalue weighted by atomic mass is 19.4. The summed E-state index contributed by atoms with van der Waals surface area (Å²) in [4.78, 5) is 27.6. The molecule has 1 N–H and O–H groups in total. The lowest BCUT2D eigenvalue weighted by Crippen LogP contribution is -2.29. The Morgan fingerprint density at radius 1 is 1.05 bits per heavy atom. The summed E-state index contributed by atoms with van der Waals surface area (Å²) in [6, 6.07) is 14.4. The van der Waals surface area contributed by atoms with Gasteiger partial charge in [-0.3, -0.25) is 14.5 Å². The summed E-state index contributed by atoms with van der Waals surface area (Å²) >= 11 is 0. The Morgan fingerprint density at radius 2 is 1.81 bits per heavy atom. The van der Waals surface area contributed by atoms with Crippen molar-refractivity contribution in [3.63, 3.8) is 0 Å². The molecule has 1 unspecified atom stereocenters. The number of aryl methyl sites for hydroxylation is 1. The van der Waals surface area contributed by atoms with E-state index in [1.807, 2.05) is 0 Å². The number of ether oxygens (including phenoxy) is 2. The fourth-order valence-electron chi connectivity index (χ4n) is 4.70. The molecule has 1 atom stereocenters. The molecular weight excluding hydrogens is 487 g/mol. The van der Waals surface area contributed by atoms with Gasteiger partial charge in [-0.25, -0.2) is 0 Å². The van der Waals surface area contributed by atoms with Crippen LogP contribution in [0.15, 0.2) is 72.3 Å². The quantitative estimate of drug-likeness (QED) is 0.279. The molecule has 1 amide bonds. The molecule has 2 aliphatic heterocycles. The largest absolute Gasteiger partial charge is 0.507 e. The molecule has 5 rings (SSSR count). The van der Waals surface area contributed by atoms with Crippen molar-refractivity contribution in [1.29, 1.82) is 0 Å². The van der Waals surface area contributed by atoms with Crippen LogP contribution in [0.5, 0.6) is 11.5 Å². The van der Waals surface area contributed by atoms with E-state index in [4.69, 9.17) is 9.47 Å². The number of halogens is 3. The van der Waals surface area contributed by atoms with Gasteiger partial charge in [0, 0.05) is 11.3 Å². The first-order valence-electron chi connectivity index (χ1n) is 11.6. The number of hydrogen-bond donors (Lipinski definition) is 1. The second-order valence-electron chi connectivity index (χ2n) is 8.76. The summed E-state index contributed by atoms with van der Waals surface area (Å²) in [7, 11) is 1.48. The second-order valence-corrected chi connectivity index (χ2v) is 8.76. The number of hydrogen-bond acceptors (Lipinski definition) is 5. The van der Waals surface area contributed by atoms with E-state index in [2.05, 4.69) is 0 Å². The first-order chi connectivity index (χ1) is 17.7. The summed E-state index contributed by atoms with van der Waals surface area (Å²) in [6.45, 7) is 0.581. The fraction of sp³-hybridized carbons (Fsp3) is 0.214. The summed E-state index contributed by atoms with van der Waals surface area (Å²) in [5, 5.41) is 11.3. The number of fused-ring (bicyclic) bond motifs is 1. The Balaban J connectivity index is 1.69. The summed E-state index contributed by atoms with van der Waals surface area (Å²) in [5.74, 6) is -1.26. The molecule has 0 aromatic heterocycles. The van der Waals surface area contributed by atoms with E-state index >= 15 is 0 Å². The minimum atomic E-state index is -4.65. The van der Waals surface area contributed by atoms with E-state index < -0.39 is 35.2 Å². The third-order valence-corrected chi connectivity index (χ3v) is 6.51. The third kappa shape index (κ3) is 4.41. The zero-order valence-corrected chi connectivity index (χ0v) is 19.7. The number of anilines is 1. The van der Waals surface area contributed by atoms with Crippen molar-refractivity contribution in [2.45, 2.75) is 25.1 Å². The van der Waals surface area contributed by atoms with Gasteiger partial charge in [0.2, 0.25) is 0 Å². The Kier molecular flexibility index (Phi) is 6.15. The number of amides is 1. The Hall–Kier alpha value is -4.27. The standard InChI is InChI=1S/C28H22F3NO5/c1-36-21-10-7-16(8-11-21)24-23(25(33)18-9-12-22-17(14-18)4-3-13-37-22)26(34)27(35)32(24)20-6-2-5-19(15-20)28(29,30)31/h2,5-12,14-15,24,33H,3-4,13H2,1H3/b25-23-. The van der Waals surface area contributed by atoms with Crippen LogP contribution in [0.1, 0.15) is 34.7 Å². The monoisotopic (exact) mass is 509 g/mol. The summed E-state index contributed by atoms with van der Waals surface area (Å²) in [6.07, 6.45) is -3.13. The molecule has 3 aromatic carbocycles. The number of rotatable bonds is 4. The Labute approximate surface area is 210 Å². The van der Waals surface area contributed by atoms with Crippen LogP contribution in [-0.2, 0) is 22.2 Å². The van der Waals surface area contributed by atoms with Crippen molar-refractivity contribution in [1.82, 2.24) is 0 Å². The number of ketones is 1. The zero-order chi connectivity index (χ0) is 26.3. The highest BCUT2D eigenvalue weighted by molar-refractivity contribution is 6.51. The molecule has 0 aliphatic carbocycles. The van der Waals surface area contributed by atoms with Gasteiger partial charge in [0.25, 0.3) is 11.7 Å². The maximum Gasteiger partial charge on any atom is 0.416 e. The number of carbonyl (C=O) groups is 2. The lowest BCUT2D eigenvalue weighted by molar-refractivity contribution is -0.137. The number of Topliss-reactive ketones (excluding diaryl/α,β-unsaturated/α-hetero) is 1. The summed E-state index contributed by atoms with van der Waals surface area (Å²) in [5.41, 5.74) is 0.281. The van der Waals surface area contributed by atoms with Gasteiger partial charge in [-0.15, -0.1) is 0 Å². The van der Waals surface area contributed by atoms with Crippen LogP contribution < -0.4 is 14.4 Å². The van der Waals surface area contributed by atoms with Gasteiger partial charge >= 0.3 is 6.18 Å². The minimum absolute atomic E-state index is 0.115. The molecule has 0 bridgehead atoms. The molecule has 37 heavy (non-hydrogen) atoms. The summed E-state index contributed by atoms with van der Waals surface area (Å²) < 4.78 is 51.2. The van der Waals surface area contributed by atoms with Gasteiger partial charge in [-0.1, -0.05) is 18.2 Å². The number of aliphatic hydroxyl groups is 1. The van der Waals surface area contributed by atoms with Gasteiger partial charge in [0.15, 0.2) is 0 Å². The smallest absolute Gasteiger partial charge is 0.416 e. The first-order valence-corrected chi connectivity index (χ1v) is 11.6. The maximum atomic E-state index is 13.5. The molecule has 0 radical (unpaired) electrons. The maximum absolute atomic E-state index is 13.5. The van der Waals surface area contributed by atoms with Crippen LogP contribution >= 0.6 is 0 Å². The van der Waals surface area contributed by atoms with Crippen molar-refractivity contribution >= 4 is 23.1 Å². The number of carbonyl (C=O) groups excluding carboxylic acids is 2. The van der Waals surface area contributed by atoms with Crippen molar-refractivity contribution in [3.8, 4) is 11.5 Å². The molecule has 1 fully saturated rings. The van der Waals surface area contributed by atoms with Crippen LogP contribution in [-0.4, -0.2) is 30.5 Å². The average molecular weight is 509 g/mol. The number of aliphatic hydroxyl groups excluding tert-OH is 1. The van der Waals surface area contributed by atoms with Crippen LogP contribution in [0.3, 0.4) is 0 Å². The fourth-order valence-corrected chi connectivity index (χ4v) is 4.70. The molecule has 1 saturated heterocycles. The minimum Gasteiger partial charge on any atom is -0.507 e. The van der Waals surface area contributed by atoms with Crippen LogP contribution in [0, 0.1) is 0 Å². The third-order valence-electron chi connectivity index (χ3n) is 6.51. The normalized spacial score (nSPS) is 18.9. The highest BCUT2D eigenvalue weighted by Crippen LogP contribution is 2.44. The topological polar surface area (TPSA) is 76.1 Å². The second kappa shape index (κ2) is 9.31. The predicted molar refractivity (Wildman–Crippen MR) is 129 cm³/mol. The van der Waals surface area contributed by atoms with E-state index in [1.165, 1.54) is 19.2 Å². The Bertz CT molecular complexity index is 1410. The van der Waals surface area contributed by atoms with E-state index in [0.717, 1.165) is 35.4 Å². The van der Waals surface area contributed by atoms with Crippen molar-refractivity contribution in [2.24, 2.45) is 0 Å². The molecule has 0 spiro atoms. The molecule has 0 saturated carbocycles. The van der Waals surface area contributed by atoms with Crippen molar-refractivity contribution < 1.29 is 37.3 Å². The number of alkyl halides is 3. The first kappa shape index (κ1) is 24.4. The van der Waals surface area contributed by atoms with Crippen LogP contribution in [0.2, 0.25) is 0 Å². The number of nitrogens with zero attached hydrogens (tertiary/aromatic N) is 1. The van der Waals surface area contributed by atoms with E-state index in [-0.39, 0.29) is 11.3 Å². The van der Waals surface area contributed by atoms with Gasteiger partial charge in [0.1, 0.15) is 17.3 Å². The average Bonchev–Trinajstić information content (AvgIpc) is 3.17. The van der Waals surface area contributed by atoms with Gasteiger partial charge in [-0.05, 0) is 72.5 Å². The van der Waals surface area contributed by atoms with Gasteiger partial charge in [0.05, 0.1) is 30.9 Å². The zero-order valence-electron chi connectivity index (χ0n) is 19.7. The SMILES string of the molecule is COc1ccc(C2/C(=C(/O)c3ccc4c(c3)CCCO4)C(=O)C(=O)N2c2cccc(C(F)(F)F)c2)cc1. The van der Waals surface area contributed by atoms with E-state index in [0.29, 0.717) is 29.2 Å². The van der Waals surface area contributed by atoms with Gasteiger partial charge in [-0.2, -0.15) is 13.2 Å². The lowest BCUT2D eigenvalue weighted by Gasteiger charge is -2.26. The number of methoxy groups -OCH3 is 1. The molecule has 190 valence electrons. The van der Waals surface area contributed by atoms with Crippen LogP contribution in [0.25, 0.3) is 5.76 Å². The Morgan fingerprint density at radius 3 is 2.51 bits per heavy atom. The molecule has 3 aromatic rings. The lowest BCUT2D eigenvalue weighted by atomic mass is 9.93. The highest BCUT2D eigenvalue weighted by Gasteiger charge is 2.47. The van der Waals surface area contributed by atoms with Crippen molar-refractivity contribution in [3.05, 3.63) is 94.6 Å². The molecule has 2 aliphatic rings. The molecule has 9 heteroatoms. The molecule has 2 heterocycles. The van der Waals surface area contributed by atoms with E-state index in [1.54, 1.807) is 42.5 Å². The van der Waals surface area contributed by atoms with E-state index in [9.17, 15) is 27.9 Å². The van der Waals surface area contributed by atoms with Crippen LogP contribution in [0.4, 0.5) is 18.9 Å².